The highest BCUT2D eigenvalue weighted by Gasteiger charge is 2.35. The van der Waals surface area contributed by atoms with E-state index in [1.807, 2.05) is 13.2 Å². The van der Waals surface area contributed by atoms with Crippen molar-refractivity contribution in [1.29, 1.82) is 0 Å². The number of aromatic nitrogens is 2. The fourth-order valence-electron chi connectivity index (χ4n) is 2.36. The van der Waals surface area contributed by atoms with E-state index in [-0.39, 0.29) is 5.92 Å². The number of carbonyl (C=O) groups is 1. The van der Waals surface area contributed by atoms with Crippen molar-refractivity contribution in [3.8, 4) is 0 Å². The van der Waals surface area contributed by atoms with Gasteiger partial charge in [0.1, 0.15) is 0 Å². The van der Waals surface area contributed by atoms with Crippen LogP contribution in [0.4, 0.5) is 5.69 Å². The van der Waals surface area contributed by atoms with Gasteiger partial charge < -0.3 is 15.5 Å². The highest BCUT2D eigenvalue weighted by atomic mass is 16.4. The topological polar surface area (TPSA) is 87.4 Å². The molecule has 1 aromatic heterocycles. The molecule has 1 heterocycles. The Hall–Kier alpha value is -1.56. The Morgan fingerprint density at radius 1 is 1.61 bits per heavy atom. The van der Waals surface area contributed by atoms with E-state index in [0.29, 0.717) is 32.2 Å². The second kappa shape index (κ2) is 4.97. The summed E-state index contributed by atoms with van der Waals surface area (Å²) in [7, 11) is 1.83. The molecule has 0 unspecified atom stereocenters. The summed E-state index contributed by atoms with van der Waals surface area (Å²) in [6, 6.07) is 0. The molecule has 1 aliphatic rings. The molecule has 1 fully saturated rings. The number of hydrogen-bond donors (Lipinski definition) is 3. The van der Waals surface area contributed by atoms with E-state index >= 15 is 0 Å². The number of aliphatic carboxylic acids is 1. The van der Waals surface area contributed by atoms with Gasteiger partial charge in [0.05, 0.1) is 23.4 Å². The number of aliphatic hydroxyl groups is 1. The first-order chi connectivity index (χ1) is 8.48. The number of aryl methyl sites for hydroxylation is 1. The fourth-order valence-corrected chi connectivity index (χ4v) is 2.36. The highest BCUT2D eigenvalue weighted by Crippen LogP contribution is 2.32. The van der Waals surface area contributed by atoms with Gasteiger partial charge in [0, 0.05) is 19.8 Å². The largest absolute Gasteiger partial charge is 0.481 e. The summed E-state index contributed by atoms with van der Waals surface area (Å²) in [6.07, 6.45) is 5.67. The van der Waals surface area contributed by atoms with Gasteiger partial charge in [-0.25, -0.2) is 0 Å². The van der Waals surface area contributed by atoms with Crippen LogP contribution in [0, 0.1) is 5.92 Å². The fraction of sp³-hybridized carbons (Fsp3) is 0.667. The van der Waals surface area contributed by atoms with Gasteiger partial charge in [-0.05, 0) is 25.7 Å². The highest BCUT2D eigenvalue weighted by molar-refractivity contribution is 5.70. The third-order valence-electron chi connectivity index (χ3n) is 3.59. The molecule has 0 aromatic carbocycles. The summed E-state index contributed by atoms with van der Waals surface area (Å²) in [4.78, 5) is 10.8. The van der Waals surface area contributed by atoms with Crippen LogP contribution in [0.1, 0.15) is 25.7 Å². The molecular weight excluding hydrogens is 234 g/mol. The normalized spacial score (nSPS) is 28.0. The maximum Gasteiger partial charge on any atom is 0.306 e. The summed E-state index contributed by atoms with van der Waals surface area (Å²) < 4.78 is 1.69. The minimum Gasteiger partial charge on any atom is -0.481 e. The first-order valence-electron chi connectivity index (χ1n) is 6.16. The lowest BCUT2D eigenvalue weighted by Gasteiger charge is -2.34. The van der Waals surface area contributed by atoms with Gasteiger partial charge in [0.2, 0.25) is 0 Å². The minimum atomic E-state index is -0.804. The van der Waals surface area contributed by atoms with Gasteiger partial charge in [-0.3, -0.25) is 9.48 Å². The summed E-state index contributed by atoms with van der Waals surface area (Å²) in [6.45, 7) is 0.436. The summed E-state index contributed by atoms with van der Waals surface area (Å²) >= 11 is 0. The summed E-state index contributed by atoms with van der Waals surface area (Å²) in [5.41, 5.74) is 0.0632. The first-order valence-corrected chi connectivity index (χ1v) is 6.16. The Balaban J connectivity index is 1.84. The summed E-state index contributed by atoms with van der Waals surface area (Å²) in [5.74, 6) is -1.05. The Labute approximate surface area is 106 Å². The van der Waals surface area contributed by atoms with Crippen LogP contribution in [0.2, 0.25) is 0 Å². The Morgan fingerprint density at radius 3 is 2.78 bits per heavy atom. The second-order valence-corrected chi connectivity index (χ2v) is 5.09. The lowest BCUT2D eigenvalue weighted by molar-refractivity contribution is -0.144. The van der Waals surface area contributed by atoms with Crippen LogP contribution in [-0.2, 0) is 11.8 Å². The Kier molecular flexibility index (Phi) is 3.56. The van der Waals surface area contributed by atoms with Crippen molar-refractivity contribution in [2.24, 2.45) is 13.0 Å². The van der Waals surface area contributed by atoms with E-state index in [4.69, 9.17) is 5.11 Å². The van der Waals surface area contributed by atoms with Crippen LogP contribution < -0.4 is 5.32 Å². The molecule has 0 amide bonds. The van der Waals surface area contributed by atoms with Gasteiger partial charge in [0.25, 0.3) is 0 Å². The third-order valence-corrected chi connectivity index (χ3v) is 3.59. The van der Waals surface area contributed by atoms with E-state index in [1.165, 1.54) is 0 Å². The molecule has 1 saturated carbocycles. The summed E-state index contributed by atoms with van der Waals surface area (Å²) in [5, 5.41) is 26.4. The van der Waals surface area contributed by atoms with E-state index in [1.54, 1.807) is 10.9 Å². The SMILES string of the molecule is Cn1cc(NCC2(O)CCC(C(=O)O)CC2)cn1. The van der Waals surface area contributed by atoms with Crippen molar-refractivity contribution >= 4 is 11.7 Å². The van der Waals surface area contributed by atoms with Gasteiger partial charge in [-0.1, -0.05) is 0 Å². The Bertz CT molecular complexity index is 422. The van der Waals surface area contributed by atoms with Crippen molar-refractivity contribution in [3.63, 3.8) is 0 Å². The van der Waals surface area contributed by atoms with Crippen molar-refractivity contribution in [2.75, 3.05) is 11.9 Å². The average molecular weight is 253 g/mol. The van der Waals surface area contributed by atoms with E-state index in [9.17, 15) is 9.90 Å². The molecule has 0 bridgehead atoms. The molecule has 6 nitrogen and oxygen atoms in total. The smallest absolute Gasteiger partial charge is 0.306 e. The minimum absolute atomic E-state index is 0.302. The molecule has 0 aliphatic heterocycles. The Morgan fingerprint density at radius 2 is 2.28 bits per heavy atom. The van der Waals surface area contributed by atoms with Gasteiger partial charge in [0.15, 0.2) is 0 Å². The van der Waals surface area contributed by atoms with E-state index < -0.39 is 11.6 Å². The molecule has 0 spiro atoms. The first kappa shape index (κ1) is 12.9. The van der Waals surface area contributed by atoms with Crippen LogP contribution in [0.25, 0.3) is 0 Å². The number of nitrogens with one attached hydrogen (secondary N) is 1. The lowest BCUT2D eigenvalue weighted by Crippen LogP contribution is -2.41. The molecule has 3 N–H and O–H groups in total. The maximum atomic E-state index is 10.8. The molecule has 6 heteroatoms. The molecule has 0 radical (unpaired) electrons. The zero-order chi connectivity index (χ0) is 13.2. The molecule has 2 rings (SSSR count). The van der Waals surface area contributed by atoms with Crippen LogP contribution in [0.5, 0.6) is 0 Å². The number of hydrogen-bond acceptors (Lipinski definition) is 4. The standard InChI is InChI=1S/C12H19N3O3/c1-15-7-10(6-14-15)13-8-12(18)4-2-9(3-5-12)11(16)17/h6-7,9,13,18H,2-5,8H2,1H3,(H,16,17). The predicted octanol–water partition coefficient (Wildman–Crippen LogP) is 0.838. The second-order valence-electron chi connectivity index (χ2n) is 5.09. The molecule has 1 aliphatic carbocycles. The molecule has 100 valence electrons. The number of rotatable bonds is 4. The third kappa shape index (κ3) is 3.01. The van der Waals surface area contributed by atoms with Crippen LogP contribution in [0.3, 0.4) is 0 Å². The molecule has 1 aromatic rings. The molecule has 0 atom stereocenters. The van der Waals surface area contributed by atoms with Crippen molar-refractivity contribution in [2.45, 2.75) is 31.3 Å². The lowest BCUT2D eigenvalue weighted by atomic mass is 9.79. The van der Waals surface area contributed by atoms with Crippen LogP contribution in [0.15, 0.2) is 12.4 Å². The van der Waals surface area contributed by atoms with Crippen molar-refractivity contribution in [1.82, 2.24) is 9.78 Å². The number of nitrogens with zero attached hydrogens (tertiary/aromatic N) is 2. The molecule has 0 saturated heterocycles. The monoisotopic (exact) mass is 253 g/mol. The predicted molar refractivity (Wildman–Crippen MR) is 66.2 cm³/mol. The maximum absolute atomic E-state index is 10.8. The quantitative estimate of drug-likeness (QED) is 0.740. The number of carboxylic acids is 1. The number of carboxylic acid groups (broad SMARTS) is 1. The van der Waals surface area contributed by atoms with E-state index in [0.717, 1.165) is 5.69 Å². The van der Waals surface area contributed by atoms with Gasteiger partial charge >= 0.3 is 5.97 Å². The van der Waals surface area contributed by atoms with Crippen LogP contribution in [-0.4, -0.2) is 38.1 Å². The van der Waals surface area contributed by atoms with Gasteiger partial charge in [-0.2, -0.15) is 5.10 Å². The zero-order valence-corrected chi connectivity index (χ0v) is 10.5. The molecular formula is C12H19N3O3. The van der Waals surface area contributed by atoms with Crippen molar-refractivity contribution < 1.29 is 15.0 Å². The van der Waals surface area contributed by atoms with E-state index in [2.05, 4.69) is 10.4 Å². The van der Waals surface area contributed by atoms with Gasteiger partial charge in [-0.15, -0.1) is 0 Å². The van der Waals surface area contributed by atoms with Crippen molar-refractivity contribution in [3.05, 3.63) is 12.4 Å². The zero-order valence-electron chi connectivity index (χ0n) is 10.5. The van der Waals surface area contributed by atoms with Crippen LogP contribution >= 0.6 is 0 Å². The molecule has 18 heavy (non-hydrogen) atoms. The number of anilines is 1. The average Bonchev–Trinajstić information content (AvgIpc) is 2.73.